The summed E-state index contributed by atoms with van der Waals surface area (Å²) in [6.07, 6.45) is 3.73. The van der Waals surface area contributed by atoms with Gasteiger partial charge in [0.1, 0.15) is 11.3 Å². The minimum Gasteiger partial charge on any atom is -0.494 e. The zero-order valence-electron chi connectivity index (χ0n) is 12.7. The van der Waals surface area contributed by atoms with Crippen LogP contribution in [0.4, 0.5) is 0 Å². The van der Waals surface area contributed by atoms with Crippen LogP contribution in [0.1, 0.15) is 0 Å². The van der Waals surface area contributed by atoms with Crippen molar-refractivity contribution in [2.45, 2.75) is 0 Å². The van der Waals surface area contributed by atoms with Crippen LogP contribution in [0.25, 0.3) is 21.7 Å². The molecule has 0 amide bonds. The van der Waals surface area contributed by atoms with Crippen molar-refractivity contribution in [3.05, 3.63) is 24.5 Å². The van der Waals surface area contributed by atoms with E-state index in [1.54, 1.807) is 36.4 Å². The highest BCUT2D eigenvalue weighted by Gasteiger charge is 2.14. The molecule has 0 atom stereocenters. The molecule has 0 saturated heterocycles. The molecule has 0 aliphatic rings. The summed E-state index contributed by atoms with van der Waals surface area (Å²) in [4.78, 5) is 5.34. The fourth-order valence-electron chi connectivity index (χ4n) is 2.35. The molecule has 4 aromatic rings. The molecule has 0 bridgehead atoms. The Bertz CT molecular complexity index is 971. The van der Waals surface area contributed by atoms with Crippen LogP contribution in [0, 0.1) is 0 Å². The van der Waals surface area contributed by atoms with Gasteiger partial charge in [0.25, 0.3) is 5.19 Å². The molecule has 0 spiro atoms. The second-order valence-corrected chi connectivity index (χ2v) is 5.66. The van der Waals surface area contributed by atoms with Crippen LogP contribution >= 0.6 is 11.3 Å². The van der Waals surface area contributed by atoms with Crippen LogP contribution in [0.3, 0.4) is 0 Å². The van der Waals surface area contributed by atoms with E-state index in [0.29, 0.717) is 16.8 Å². The smallest absolute Gasteiger partial charge is 0.294 e. The number of hydrogen-bond donors (Lipinski definition) is 0. The van der Waals surface area contributed by atoms with Gasteiger partial charge in [0, 0.05) is 17.8 Å². The van der Waals surface area contributed by atoms with E-state index in [2.05, 4.69) is 15.2 Å². The first kappa shape index (κ1) is 13.8. The van der Waals surface area contributed by atoms with Gasteiger partial charge in [-0.2, -0.15) is 0 Å². The molecule has 4 aromatic heterocycles. The van der Waals surface area contributed by atoms with E-state index in [9.17, 15) is 0 Å². The number of imidazole rings is 1. The Morgan fingerprint density at radius 1 is 0.957 bits per heavy atom. The second-order valence-electron chi connectivity index (χ2n) is 4.74. The number of aromatic nitrogens is 5. The minimum atomic E-state index is 0.480. The molecule has 0 fully saturated rings. The van der Waals surface area contributed by atoms with Gasteiger partial charge in [0.15, 0.2) is 0 Å². The Morgan fingerprint density at radius 2 is 1.83 bits per heavy atom. The summed E-state index contributed by atoms with van der Waals surface area (Å²) in [6.45, 7) is 0. The number of methoxy groups -OCH3 is 3. The Hall–Kier alpha value is -2.81. The van der Waals surface area contributed by atoms with Crippen LogP contribution in [-0.4, -0.2) is 45.5 Å². The SMILES string of the molecule is COc1cc(OC)c2cc(-c3cn4nc(OC)sc4n3)cn2n1. The van der Waals surface area contributed by atoms with E-state index in [0.717, 1.165) is 21.7 Å². The maximum absolute atomic E-state index is 5.40. The maximum atomic E-state index is 5.40. The number of rotatable bonds is 4. The fourth-order valence-corrected chi connectivity index (χ4v) is 3.05. The van der Waals surface area contributed by atoms with E-state index < -0.39 is 0 Å². The van der Waals surface area contributed by atoms with Gasteiger partial charge in [-0.25, -0.2) is 14.0 Å². The van der Waals surface area contributed by atoms with Crippen molar-refractivity contribution in [2.75, 3.05) is 21.3 Å². The molecule has 9 heteroatoms. The van der Waals surface area contributed by atoms with Crippen molar-refractivity contribution < 1.29 is 14.2 Å². The van der Waals surface area contributed by atoms with Crippen molar-refractivity contribution in [2.24, 2.45) is 0 Å². The summed E-state index contributed by atoms with van der Waals surface area (Å²) in [5, 5.41) is 9.22. The number of nitrogens with zero attached hydrogens (tertiary/aromatic N) is 5. The van der Waals surface area contributed by atoms with Gasteiger partial charge in [-0.15, -0.1) is 10.2 Å². The maximum Gasteiger partial charge on any atom is 0.294 e. The molecule has 0 aliphatic carbocycles. The molecule has 23 heavy (non-hydrogen) atoms. The lowest BCUT2D eigenvalue weighted by Crippen LogP contribution is -1.97. The summed E-state index contributed by atoms with van der Waals surface area (Å²) >= 11 is 1.38. The van der Waals surface area contributed by atoms with Gasteiger partial charge in [0.2, 0.25) is 10.8 Å². The summed E-state index contributed by atoms with van der Waals surface area (Å²) in [7, 11) is 4.77. The first-order valence-corrected chi connectivity index (χ1v) is 7.55. The average Bonchev–Trinajstić information content (AvgIpc) is 3.24. The van der Waals surface area contributed by atoms with Crippen LogP contribution < -0.4 is 14.2 Å². The van der Waals surface area contributed by atoms with Crippen LogP contribution in [-0.2, 0) is 0 Å². The lowest BCUT2D eigenvalue weighted by Gasteiger charge is -2.05. The number of hydrogen-bond acceptors (Lipinski definition) is 7. The van der Waals surface area contributed by atoms with Gasteiger partial charge >= 0.3 is 0 Å². The van der Waals surface area contributed by atoms with Crippen molar-refractivity contribution >= 4 is 21.8 Å². The molecule has 8 nitrogen and oxygen atoms in total. The molecule has 0 unspecified atom stereocenters. The molecule has 0 aliphatic heterocycles. The van der Waals surface area contributed by atoms with Crippen molar-refractivity contribution in [3.8, 4) is 28.1 Å². The van der Waals surface area contributed by atoms with Crippen LogP contribution in [0.15, 0.2) is 24.5 Å². The van der Waals surface area contributed by atoms with Gasteiger partial charge in [-0.3, -0.25) is 0 Å². The average molecular weight is 331 g/mol. The van der Waals surface area contributed by atoms with E-state index in [1.165, 1.54) is 11.3 Å². The first-order valence-electron chi connectivity index (χ1n) is 6.74. The molecular formula is C14H13N5O3S. The molecule has 0 saturated carbocycles. The molecule has 4 rings (SSSR count). The molecule has 0 aromatic carbocycles. The summed E-state index contributed by atoms with van der Waals surface area (Å²) in [5.41, 5.74) is 2.56. The summed E-state index contributed by atoms with van der Waals surface area (Å²) in [6, 6.07) is 3.71. The fraction of sp³-hybridized carbons (Fsp3) is 0.214. The molecule has 4 heterocycles. The van der Waals surface area contributed by atoms with Gasteiger partial charge in [-0.05, 0) is 17.4 Å². The second kappa shape index (κ2) is 5.13. The Balaban J connectivity index is 1.84. The highest BCUT2D eigenvalue weighted by molar-refractivity contribution is 7.18. The zero-order valence-corrected chi connectivity index (χ0v) is 13.5. The normalized spacial score (nSPS) is 11.3. The first-order chi connectivity index (χ1) is 11.2. The van der Waals surface area contributed by atoms with E-state index >= 15 is 0 Å². The van der Waals surface area contributed by atoms with Crippen LogP contribution in [0.5, 0.6) is 16.8 Å². The molecule has 0 radical (unpaired) electrons. The largest absolute Gasteiger partial charge is 0.494 e. The topological polar surface area (TPSA) is 75.2 Å². The monoisotopic (exact) mass is 331 g/mol. The zero-order chi connectivity index (χ0) is 16.0. The third kappa shape index (κ3) is 2.16. The molecule has 118 valence electrons. The standard InChI is InChI=1S/C14H13N5O3S/c1-20-11-5-12(21-2)16-18-6-8(4-10(11)18)9-7-19-13(15-9)23-14(17-19)22-3/h4-7H,1-3H3. The lowest BCUT2D eigenvalue weighted by atomic mass is 10.2. The number of ether oxygens (including phenoxy) is 3. The third-order valence-electron chi connectivity index (χ3n) is 3.44. The Labute approximate surface area is 134 Å². The van der Waals surface area contributed by atoms with Gasteiger partial charge in [-0.1, -0.05) is 0 Å². The minimum absolute atomic E-state index is 0.480. The molecule has 0 N–H and O–H groups in total. The van der Waals surface area contributed by atoms with Gasteiger partial charge in [0.05, 0.1) is 33.2 Å². The predicted molar refractivity (Wildman–Crippen MR) is 84.7 cm³/mol. The highest BCUT2D eigenvalue weighted by Crippen LogP contribution is 2.30. The van der Waals surface area contributed by atoms with E-state index in [1.807, 2.05) is 18.5 Å². The molecular weight excluding hydrogens is 318 g/mol. The number of fused-ring (bicyclic) bond motifs is 2. The summed E-state index contributed by atoms with van der Waals surface area (Å²) < 4.78 is 19.1. The van der Waals surface area contributed by atoms with Crippen molar-refractivity contribution in [3.63, 3.8) is 0 Å². The third-order valence-corrected chi connectivity index (χ3v) is 4.32. The Morgan fingerprint density at radius 3 is 2.52 bits per heavy atom. The highest BCUT2D eigenvalue weighted by atomic mass is 32.1. The summed E-state index contributed by atoms with van der Waals surface area (Å²) in [5.74, 6) is 1.16. The van der Waals surface area contributed by atoms with E-state index in [4.69, 9.17) is 14.2 Å². The van der Waals surface area contributed by atoms with Crippen molar-refractivity contribution in [1.82, 2.24) is 24.2 Å². The predicted octanol–water partition coefficient (Wildman–Crippen LogP) is 2.13. The quantitative estimate of drug-likeness (QED) is 0.570. The lowest BCUT2D eigenvalue weighted by molar-refractivity contribution is 0.375. The van der Waals surface area contributed by atoms with Crippen molar-refractivity contribution in [1.29, 1.82) is 0 Å². The van der Waals surface area contributed by atoms with E-state index in [-0.39, 0.29) is 0 Å². The van der Waals surface area contributed by atoms with Gasteiger partial charge < -0.3 is 14.2 Å². The van der Waals surface area contributed by atoms with Crippen LogP contribution in [0.2, 0.25) is 0 Å². The Kier molecular flexibility index (Phi) is 3.08.